The number of hydrogen-bond acceptors (Lipinski definition) is 3. The van der Waals surface area contributed by atoms with E-state index in [-0.39, 0.29) is 29.3 Å². The van der Waals surface area contributed by atoms with E-state index in [1.165, 1.54) is 4.31 Å². The summed E-state index contributed by atoms with van der Waals surface area (Å²) in [5.74, 6) is -0.433. The lowest BCUT2D eigenvalue weighted by Gasteiger charge is -2.32. The molecule has 0 saturated carbocycles. The molecule has 3 rings (SSSR count). The lowest BCUT2D eigenvalue weighted by atomic mass is 9.97. The molecule has 2 aromatic carbocycles. The average molecular weight is 465 g/mol. The van der Waals surface area contributed by atoms with Crippen LogP contribution in [0.1, 0.15) is 36.9 Å². The van der Waals surface area contributed by atoms with Gasteiger partial charge in [0.25, 0.3) is 0 Å². The van der Waals surface area contributed by atoms with Crippen LogP contribution in [0.4, 0.5) is 0 Å². The molecule has 0 radical (unpaired) electrons. The molecule has 5 nitrogen and oxygen atoms in total. The Kier molecular flexibility index (Phi) is 6.58. The Bertz CT molecular complexity index is 944. The van der Waals surface area contributed by atoms with Crippen LogP contribution in [-0.4, -0.2) is 31.7 Å². The van der Waals surface area contributed by atoms with Crippen molar-refractivity contribution in [3.8, 4) is 0 Å². The van der Waals surface area contributed by atoms with Crippen LogP contribution in [-0.2, 0) is 14.8 Å². The van der Waals surface area contributed by atoms with E-state index in [1.54, 1.807) is 24.3 Å². The topological polar surface area (TPSA) is 66.5 Å². The van der Waals surface area contributed by atoms with Gasteiger partial charge in [0.05, 0.1) is 16.9 Å². The minimum atomic E-state index is -3.60. The van der Waals surface area contributed by atoms with E-state index >= 15 is 0 Å². The zero-order valence-electron chi connectivity index (χ0n) is 16.1. The van der Waals surface area contributed by atoms with Crippen molar-refractivity contribution in [2.24, 2.45) is 5.92 Å². The van der Waals surface area contributed by atoms with E-state index in [9.17, 15) is 13.2 Å². The van der Waals surface area contributed by atoms with Gasteiger partial charge in [-0.05, 0) is 62.1 Å². The number of rotatable bonds is 5. The van der Waals surface area contributed by atoms with Crippen LogP contribution in [0.5, 0.6) is 0 Å². The highest BCUT2D eigenvalue weighted by Crippen LogP contribution is 2.26. The summed E-state index contributed by atoms with van der Waals surface area (Å²) in [5.41, 5.74) is 2.20. The van der Waals surface area contributed by atoms with E-state index in [0.717, 1.165) is 15.6 Å². The van der Waals surface area contributed by atoms with E-state index in [1.807, 2.05) is 38.1 Å². The van der Waals surface area contributed by atoms with Gasteiger partial charge in [0, 0.05) is 17.6 Å². The third-order valence-electron chi connectivity index (χ3n) is 5.22. The molecule has 1 aliphatic heterocycles. The van der Waals surface area contributed by atoms with Gasteiger partial charge in [0.2, 0.25) is 15.9 Å². The zero-order valence-corrected chi connectivity index (χ0v) is 18.5. The fourth-order valence-electron chi connectivity index (χ4n) is 3.61. The van der Waals surface area contributed by atoms with Crippen molar-refractivity contribution in [3.05, 3.63) is 64.1 Å². The van der Waals surface area contributed by atoms with Crippen molar-refractivity contribution < 1.29 is 13.2 Å². The van der Waals surface area contributed by atoms with Gasteiger partial charge < -0.3 is 5.32 Å². The summed E-state index contributed by atoms with van der Waals surface area (Å²) in [7, 11) is -3.60. The summed E-state index contributed by atoms with van der Waals surface area (Å²) in [5, 5.41) is 3.06. The minimum Gasteiger partial charge on any atom is -0.349 e. The molecule has 1 N–H and O–H groups in total. The predicted octanol–water partition coefficient (Wildman–Crippen LogP) is 4.04. The molecule has 7 heteroatoms. The number of piperidine rings is 1. The summed E-state index contributed by atoms with van der Waals surface area (Å²) in [6, 6.07) is 14.4. The number of halogens is 1. The lowest BCUT2D eigenvalue weighted by molar-refractivity contribution is -0.126. The first-order valence-electron chi connectivity index (χ1n) is 9.40. The van der Waals surface area contributed by atoms with Crippen molar-refractivity contribution in [1.29, 1.82) is 0 Å². The van der Waals surface area contributed by atoms with Crippen molar-refractivity contribution >= 4 is 31.9 Å². The molecule has 2 atom stereocenters. The molecule has 0 aromatic heterocycles. The summed E-state index contributed by atoms with van der Waals surface area (Å²) < 4.78 is 28.1. The molecule has 1 aliphatic rings. The number of sulfonamides is 1. The van der Waals surface area contributed by atoms with Gasteiger partial charge in [-0.1, -0.05) is 40.2 Å². The molecule has 1 amide bonds. The maximum atomic E-state index is 12.9. The number of aryl methyl sites for hydroxylation is 1. The van der Waals surface area contributed by atoms with Crippen LogP contribution in [0.25, 0.3) is 0 Å². The minimum absolute atomic E-state index is 0.0912. The van der Waals surface area contributed by atoms with Gasteiger partial charge in [0.1, 0.15) is 0 Å². The van der Waals surface area contributed by atoms with E-state index < -0.39 is 10.0 Å². The Labute approximate surface area is 175 Å². The SMILES string of the molecule is Cc1ccccc1[C@@H](C)NC(=O)[C@H]1CCCN(S(=O)(=O)c2ccc(Br)cc2)C1. The normalized spacial score (nSPS) is 19.2. The quantitative estimate of drug-likeness (QED) is 0.725. The van der Waals surface area contributed by atoms with Crippen LogP contribution >= 0.6 is 15.9 Å². The molecule has 0 unspecified atom stereocenters. The number of nitrogens with zero attached hydrogens (tertiary/aromatic N) is 1. The Morgan fingerprint density at radius 2 is 1.86 bits per heavy atom. The van der Waals surface area contributed by atoms with E-state index in [0.29, 0.717) is 19.4 Å². The number of hydrogen-bond donors (Lipinski definition) is 1. The first kappa shape index (κ1) is 21.0. The average Bonchev–Trinajstić information content (AvgIpc) is 2.68. The number of amides is 1. The van der Waals surface area contributed by atoms with Crippen LogP contribution < -0.4 is 5.32 Å². The van der Waals surface area contributed by atoms with Crippen LogP contribution in [0.3, 0.4) is 0 Å². The Morgan fingerprint density at radius 3 is 2.54 bits per heavy atom. The standard InChI is InChI=1S/C21H25BrN2O3S/c1-15-6-3-4-8-20(15)16(2)23-21(25)17-7-5-13-24(14-17)28(26,27)19-11-9-18(22)10-12-19/h3-4,6,8-12,16-17H,5,7,13-14H2,1-2H3,(H,23,25)/t16-,17+/m1/s1. The lowest BCUT2D eigenvalue weighted by Crippen LogP contribution is -2.45. The van der Waals surface area contributed by atoms with Crippen molar-refractivity contribution in [2.75, 3.05) is 13.1 Å². The van der Waals surface area contributed by atoms with Gasteiger partial charge in [-0.3, -0.25) is 4.79 Å². The summed E-state index contributed by atoms with van der Waals surface area (Å²) >= 11 is 3.32. The highest BCUT2D eigenvalue weighted by Gasteiger charge is 2.33. The van der Waals surface area contributed by atoms with Gasteiger partial charge in [-0.2, -0.15) is 4.31 Å². The van der Waals surface area contributed by atoms with E-state index in [4.69, 9.17) is 0 Å². The van der Waals surface area contributed by atoms with Gasteiger partial charge in [-0.15, -0.1) is 0 Å². The third-order valence-corrected chi connectivity index (χ3v) is 7.63. The van der Waals surface area contributed by atoms with Gasteiger partial charge in [0.15, 0.2) is 0 Å². The molecule has 0 spiro atoms. The largest absolute Gasteiger partial charge is 0.349 e. The molecule has 1 fully saturated rings. The second-order valence-corrected chi connectivity index (χ2v) is 10.1. The number of carbonyl (C=O) groups is 1. The Balaban J connectivity index is 1.69. The third kappa shape index (κ3) is 4.64. The van der Waals surface area contributed by atoms with Crippen LogP contribution in [0, 0.1) is 12.8 Å². The molecule has 0 aliphatic carbocycles. The molecular weight excluding hydrogens is 440 g/mol. The number of carbonyl (C=O) groups excluding carboxylic acids is 1. The molecule has 1 heterocycles. The Morgan fingerprint density at radius 1 is 1.18 bits per heavy atom. The zero-order chi connectivity index (χ0) is 20.3. The van der Waals surface area contributed by atoms with Crippen molar-refractivity contribution in [1.82, 2.24) is 9.62 Å². The molecule has 1 saturated heterocycles. The summed E-state index contributed by atoms with van der Waals surface area (Å²) in [6.07, 6.45) is 1.37. The van der Waals surface area contributed by atoms with E-state index in [2.05, 4.69) is 21.2 Å². The highest BCUT2D eigenvalue weighted by atomic mass is 79.9. The number of nitrogens with one attached hydrogen (secondary N) is 1. The smallest absolute Gasteiger partial charge is 0.243 e. The summed E-state index contributed by atoms with van der Waals surface area (Å²) in [4.78, 5) is 13.1. The van der Waals surface area contributed by atoms with Crippen molar-refractivity contribution in [3.63, 3.8) is 0 Å². The van der Waals surface area contributed by atoms with Crippen LogP contribution in [0.2, 0.25) is 0 Å². The molecule has 2 aromatic rings. The second kappa shape index (κ2) is 8.76. The fraction of sp³-hybridized carbons (Fsp3) is 0.381. The molecular formula is C21H25BrN2O3S. The van der Waals surface area contributed by atoms with Crippen LogP contribution in [0.15, 0.2) is 57.9 Å². The first-order valence-corrected chi connectivity index (χ1v) is 11.6. The first-order chi connectivity index (χ1) is 13.3. The predicted molar refractivity (Wildman–Crippen MR) is 113 cm³/mol. The maximum absolute atomic E-state index is 12.9. The van der Waals surface area contributed by atoms with Gasteiger partial charge >= 0.3 is 0 Å². The molecule has 0 bridgehead atoms. The second-order valence-electron chi connectivity index (χ2n) is 7.24. The highest BCUT2D eigenvalue weighted by molar-refractivity contribution is 9.10. The Hall–Kier alpha value is -1.70. The maximum Gasteiger partial charge on any atom is 0.243 e. The monoisotopic (exact) mass is 464 g/mol. The molecule has 28 heavy (non-hydrogen) atoms. The molecule has 150 valence electrons. The van der Waals surface area contributed by atoms with Gasteiger partial charge in [-0.25, -0.2) is 8.42 Å². The number of benzene rings is 2. The summed E-state index contributed by atoms with van der Waals surface area (Å²) in [6.45, 7) is 4.63. The van der Waals surface area contributed by atoms with Crippen molar-refractivity contribution in [2.45, 2.75) is 37.6 Å². The fourth-order valence-corrected chi connectivity index (χ4v) is 5.40.